The van der Waals surface area contributed by atoms with Gasteiger partial charge in [0.1, 0.15) is 5.69 Å². The molecule has 2 aromatic heterocycles. The van der Waals surface area contributed by atoms with Crippen LogP contribution in [0, 0.1) is 0 Å². The van der Waals surface area contributed by atoms with E-state index in [1.54, 1.807) is 18.6 Å². The second-order valence-electron chi connectivity index (χ2n) is 3.90. The fourth-order valence-corrected chi connectivity index (χ4v) is 1.47. The zero-order valence-electron chi connectivity index (χ0n) is 9.27. The van der Waals surface area contributed by atoms with Crippen molar-refractivity contribution in [3.05, 3.63) is 46.8 Å². The van der Waals surface area contributed by atoms with Crippen molar-refractivity contribution in [2.75, 3.05) is 0 Å². The van der Waals surface area contributed by atoms with E-state index in [0.717, 1.165) is 11.3 Å². The molecule has 82 valence electrons. The van der Waals surface area contributed by atoms with Crippen LogP contribution in [0.5, 0.6) is 0 Å². The Hall–Kier alpha value is -1.97. The number of H-pyrrole nitrogens is 1. The molecule has 1 N–H and O–H groups in total. The Morgan fingerprint density at radius 3 is 2.81 bits per heavy atom. The summed E-state index contributed by atoms with van der Waals surface area (Å²) in [4.78, 5) is 22.6. The zero-order chi connectivity index (χ0) is 11.5. The van der Waals surface area contributed by atoms with E-state index < -0.39 is 0 Å². The largest absolute Gasteiger partial charge is 0.325 e. The van der Waals surface area contributed by atoms with Gasteiger partial charge >= 0.3 is 0 Å². The van der Waals surface area contributed by atoms with E-state index in [-0.39, 0.29) is 11.5 Å². The van der Waals surface area contributed by atoms with Crippen LogP contribution in [0.25, 0.3) is 11.3 Å². The first kappa shape index (κ1) is 10.5. The molecule has 4 heteroatoms. The van der Waals surface area contributed by atoms with Crippen molar-refractivity contribution in [1.82, 2.24) is 15.0 Å². The van der Waals surface area contributed by atoms with Gasteiger partial charge in [-0.05, 0) is 12.1 Å². The van der Waals surface area contributed by atoms with E-state index in [9.17, 15) is 4.79 Å². The van der Waals surface area contributed by atoms with Crippen LogP contribution in [0.15, 0.2) is 35.5 Å². The molecule has 0 saturated heterocycles. The van der Waals surface area contributed by atoms with Gasteiger partial charge in [-0.3, -0.25) is 9.78 Å². The van der Waals surface area contributed by atoms with Crippen molar-refractivity contribution in [2.24, 2.45) is 0 Å². The summed E-state index contributed by atoms with van der Waals surface area (Å²) in [6.07, 6.45) is 5.05. The predicted molar refractivity (Wildman–Crippen MR) is 62.2 cm³/mol. The fourth-order valence-electron chi connectivity index (χ4n) is 1.47. The minimum absolute atomic E-state index is 0.111. The first-order chi connectivity index (χ1) is 7.68. The molecule has 0 aromatic carbocycles. The molecule has 0 aliphatic rings. The van der Waals surface area contributed by atoms with E-state index in [0.29, 0.717) is 5.69 Å². The summed E-state index contributed by atoms with van der Waals surface area (Å²) < 4.78 is 0. The molecule has 4 nitrogen and oxygen atoms in total. The third kappa shape index (κ3) is 2.00. The van der Waals surface area contributed by atoms with Crippen molar-refractivity contribution in [1.29, 1.82) is 0 Å². The maximum absolute atomic E-state index is 11.5. The van der Waals surface area contributed by atoms with Crippen LogP contribution in [0.2, 0.25) is 0 Å². The molecule has 0 bridgehead atoms. The van der Waals surface area contributed by atoms with Crippen LogP contribution >= 0.6 is 0 Å². The van der Waals surface area contributed by atoms with Gasteiger partial charge in [-0.15, -0.1) is 0 Å². The van der Waals surface area contributed by atoms with Gasteiger partial charge in [0.05, 0.1) is 5.69 Å². The molecule has 16 heavy (non-hydrogen) atoms. The SMILES string of the molecule is CC(C)c1nc(-c2cccnc2)c[nH]c1=O. The average Bonchev–Trinajstić information content (AvgIpc) is 2.30. The lowest BCUT2D eigenvalue weighted by Crippen LogP contribution is -2.16. The van der Waals surface area contributed by atoms with Crippen LogP contribution in [0.3, 0.4) is 0 Å². The summed E-state index contributed by atoms with van der Waals surface area (Å²) in [6, 6.07) is 3.76. The highest BCUT2D eigenvalue weighted by molar-refractivity contribution is 5.56. The van der Waals surface area contributed by atoms with Gasteiger partial charge < -0.3 is 4.98 Å². The second-order valence-corrected chi connectivity index (χ2v) is 3.90. The molecule has 0 aliphatic heterocycles. The number of aromatic nitrogens is 3. The highest BCUT2D eigenvalue weighted by Crippen LogP contribution is 2.15. The molecule has 0 unspecified atom stereocenters. The van der Waals surface area contributed by atoms with Crippen molar-refractivity contribution >= 4 is 0 Å². The summed E-state index contributed by atoms with van der Waals surface area (Å²) in [5.41, 5.74) is 2.08. The van der Waals surface area contributed by atoms with Gasteiger partial charge in [-0.2, -0.15) is 0 Å². The quantitative estimate of drug-likeness (QED) is 0.833. The van der Waals surface area contributed by atoms with Crippen LogP contribution in [0.1, 0.15) is 25.5 Å². The molecule has 0 spiro atoms. The molecular formula is C12H13N3O. The van der Waals surface area contributed by atoms with Gasteiger partial charge in [0.15, 0.2) is 0 Å². The Balaban J connectivity index is 2.52. The molecule has 0 saturated carbocycles. The van der Waals surface area contributed by atoms with Gasteiger partial charge in [0.25, 0.3) is 5.56 Å². The normalized spacial score (nSPS) is 10.7. The maximum atomic E-state index is 11.5. The van der Waals surface area contributed by atoms with Crippen LogP contribution in [-0.4, -0.2) is 15.0 Å². The Labute approximate surface area is 93.4 Å². The lowest BCUT2D eigenvalue weighted by molar-refractivity contribution is 0.798. The fraction of sp³-hybridized carbons (Fsp3) is 0.250. The number of aromatic amines is 1. The number of nitrogens with one attached hydrogen (secondary N) is 1. The summed E-state index contributed by atoms with van der Waals surface area (Å²) in [5.74, 6) is 0.111. The van der Waals surface area contributed by atoms with E-state index in [1.165, 1.54) is 0 Å². The molecule has 0 aliphatic carbocycles. The van der Waals surface area contributed by atoms with Gasteiger partial charge in [0.2, 0.25) is 0 Å². The first-order valence-electron chi connectivity index (χ1n) is 5.18. The van der Waals surface area contributed by atoms with Gasteiger partial charge in [0, 0.05) is 30.1 Å². The summed E-state index contributed by atoms with van der Waals surface area (Å²) in [7, 11) is 0. The van der Waals surface area contributed by atoms with Crippen LogP contribution in [-0.2, 0) is 0 Å². The molecule has 0 atom stereocenters. The summed E-state index contributed by atoms with van der Waals surface area (Å²) in [5, 5.41) is 0. The number of hydrogen-bond donors (Lipinski definition) is 1. The topological polar surface area (TPSA) is 58.6 Å². The summed E-state index contributed by atoms with van der Waals surface area (Å²) >= 11 is 0. The monoisotopic (exact) mass is 215 g/mol. The lowest BCUT2D eigenvalue weighted by Gasteiger charge is -2.05. The Bertz CT molecular complexity index is 531. The Morgan fingerprint density at radius 1 is 1.38 bits per heavy atom. The maximum Gasteiger partial charge on any atom is 0.269 e. The molecule has 2 rings (SSSR count). The van der Waals surface area contributed by atoms with E-state index in [4.69, 9.17) is 0 Å². The van der Waals surface area contributed by atoms with Crippen LogP contribution in [0.4, 0.5) is 0 Å². The minimum Gasteiger partial charge on any atom is -0.325 e. The molecule has 2 heterocycles. The Kier molecular flexibility index (Phi) is 2.81. The molecule has 0 radical (unpaired) electrons. The highest BCUT2D eigenvalue weighted by atomic mass is 16.1. The number of pyridine rings is 1. The molecular weight excluding hydrogens is 202 g/mol. The van der Waals surface area contributed by atoms with Crippen LogP contribution < -0.4 is 5.56 Å². The summed E-state index contributed by atoms with van der Waals surface area (Å²) in [6.45, 7) is 3.90. The van der Waals surface area contributed by atoms with E-state index >= 15 is 0 Å². The third-order valence-corrected chi connectivity index (χ3v) is 2.32. The van der Waals surface area contributed by atoms with Crippen molar-refractivity contribution in [2.45, 2.75) is 19.8 Å². The number of nitrogens with zero attached hydrogens (tertiary/aromatic N) is 2. The third-order valence-electron chi connectivity index (χ3n) is 2.32. The minimum atomic E-state index is -0.123. The molecule has 0 fully saturated rings. The van der Waals surface area contributed by atoms with Crippen molar-refractivity contribution < 1.29 is 0 Å². The standard InChI is InChI=1S/C12H13N3O/c1-8(2)11-12(16)14-7-10(15-11)9-4-3-5-13-6-9/h3-8H,1-2H3,(H,14,16). The van der Waals surface area contributed by atoms with Gasteiger partial charge in [-0.25, -0.2) is 4.98 Å². The molecule has 0 amide bonds. The van der Waals surface area contributed by atoms with E-state index in [2.05, 4.69) is 15.0 Å². The number of hydrogen-bond acceptors (Lipinski definition) is 3. The van der Waals surface area contributed by atoms with Gasteiger partial charge in [-0.1, -0.05) is 13.8 Å². The Morgan fingerprint density at radius 2 is 2.19 bits per heavy atom. The smallest absolute Gasteiger partial charge is 0.269 e. The molecule has 2 aromatic rings. The van der Waals surface area contributed by atoms with E-state index in [1.807, 2.05) is 26.0 Å². The first-order valence-corrected chi connectivity index (χ1v) is 5.18. The highest BCUT2D eigenvalue weighted by Gasteiger charge is 2.08. The zero-order valence-corrected chi connectivity index (χ0v) is 9.27. The average molecular weight is 215 g/mol. The lowest BCUT2D eigenvalue weighted by atomic mass is 10.1. The van der Waals surface area contributed by atoms with Crippen molar-refractivity contribution in [3.63, 3.8) is 0 Å². The second kappa shape index (κ2) is 4.26. The van der Waals surface area contributed by atoms with Crippen molar-refractivity contribution in [3.8, 4) is 11.3 Å². The predicted octanol–water partition coefficient (Wildman–Crippen LogP) is 1.96. The number of rotatable bonds is 2.